The Morgan fingerprint density at radius 2 is 2.03 bits per heavy atom. The molecule has 2 N–H and O–H groups in total. The van der Waals surface area contributed by atoms with Crippen molar-refractivity contribution < 1.29 is 21.6 Å². The third-order valence-electron chi connectivity index (χ3n) is 6.00. The third-order valence-corrected chi connectivity index (χ3v) is 9.36. The van der Waals surface area contributed by atoms with Crippen molar-refractivity contribution >= 4 is 44.4 Å². The summed E-state index contributed by atoms with van der Waals surface area (Å²) in [5.74, 6) is -0.182. The van der Waals surface area contributed by atoms with Crippen LogP contribution in [0.25, 0.3) is 10.6 Å². The molecule has 0 saturated carbocycles. The molecule has 0 saturated heterocycles. The summed E-state index contributed by atoms with van der Waals surface area (Å²) in [6.45, 7) is 2.19. The number of anilines is 2. The first-order valence-corrected chi connectivity index (χ1v) is 13.6. The molecule has 0 unspecified atom stereocenters. The number of nitrogens with one attached hydrogen (secondary N) is 2. The van der Waals surface area contributed by atoms with E-state index in [-0.39, 0.29) is 40.3 Å². The maximum atomic E-state index is 13.8. The number of aromatic nitrogens is 2. The Morgan fingerprint density at radius 3 is 2.80 bits per heavy atom. The maximum absolute atomic E-state index is 13.8. The lowest BCUT2D eigenvalue weighted by Crippen LogP contribution is -2.26. The molecule has 35 heavy (non-hydrogen) atoms. The van der Waals surface area contributed by atoms with Gasteiger partial charge in [0.2, 0.25) is 5.95 Å². The first kappa shape index (κ1) is 24.4. The zero-order valence-electron chi connectivity index (χ0n) is 18.5. The minimum absolute atomic E-state index is 0.0476. The topological polar surface area (TPSA) is 87.2 Å². The van der Waals surface area contributed by atoms with E-state index in [0.717, 1.165) is 42.0 Å². The van der Waals surface area contributed by atoms with Crippen LogP contribution in [0.2, 0.25) is 5.02 Å². The van der Waals surface area contributed by atoms with Gasteiger partial charge in [0.1, 0.15) is 5.56 Å². The maximum Gasteiger partial charge on any atom is 0.420 e. The number of rotatable bonds is 3. The Hall–Kier alpha value is -2.25. The summed E-state index contributed by atoms with van der Waals surface area (Å²) in [4.78, 5) is 10.8. The normalized spacial score (nSPS) is 18.0. The molecule has 2 aliphatic heterocycles. The van der Waals surface area contributed by atoms with E-state index in [1.807, 2.05) is 19.2 Å². The molecule has 186 valence electrons. The summed E-state index contributed by atoms with van der Waals surface area (Å²) in [5, 5.41) is 6.35. The van der Waals surface area contributed by atoms with Crippen molar-refractivity contribution in [2.75, 3.05) is 31.2 Å². The second-order valence-corrected chi connectivity index (χ2v) is 12.2. The first-order chi connectivity index (χ1) is 16.5. The van der Waals surface area contributed by atoms with E-state index in [2.05, 4.69) is 25.5 Å². The smallest absolute Gasteiger partial charge is 0.323 e. The minimum Gasteiger partial charge on any atom is -0.323 e. The summed E-state index contributed by atoms with van der Waals surface area (Å²) in [6.07, 6.45) is -3.19. The molecule has 3 aromatic rings. The molecule has 0 fully saturated rings. The number of hydrogen-bond acceptors (Lipinski definition) is 8. The molecule has 7 nitrogen and oxygen atoms in total. The van der Waals surface area contributed by atoms with E-state index in [1.54, 1.807) is 0 Å². The molecular formula is C22H21ClF3N5O2S2. The number of halogens is 4. The van der Waals surface area contributed by atoms with Gasteiger partial charge in [-0.15, -0.1) is 11.3 Å². The number of hydrogen-bond donors (Lipinski definition) is 2. The van der Waals surface area contributed by atoms with Crippen LogP contribution in [0.15, 0.2) is 29.3 Å². The van der Waals surface area contributed by atoms with Crippen LogP contribution in [0, 0.1) is 0 Å². The molecule has 2 aliphatic rings. The van der Waals surface area contributed by atoms with E-state index in [9.17, 15) is 21.6 Å². The fourth-order valence-corrected chi connectivity index (χ4v) is 7.40. The third kappa shape index (κ3) is 4.90. The first-order valence-electron chi connectivity index (χ1n) is 10.8. The molecule has 0 bridgehead atoms. The summed E-state index contributed by atoms with van der Waals surface area (Å²) in [6, 6.07) is 5.00. The van der Waals surface area contributed by atoms with Gasteiger partial charge < -0.3 is 15.5 Å². The Kier molecular flexibility index (Phi) is 6.29. The lowest BCUT2D eigenvalue weighted by molar-refractivity contribution is -0.137. The largest absolute Gasteiger partial charge is 0.420 e. The molecular weight excluding hydrogens is 523 g/mol. The van der Waals surface area contributed by atoms with Gasteiger partial charge in [-0.25, -0.2) is 18.4 Å². The van der Waals surface area contributed by atoms with Gasteiger partial charge in [0, 0.05) is 37.3 Å². The zero-order chi connectivity index (χ0) is 25.0. The standard InChI is InChI=1S/C22H21ClF3N5O2S2/c1-31-4-2-12-7-16(15(23)6-13(12)11-31)29-21-28-9-14(22(24,25)26)20(30-21)17-8-19-18(34-17)10-27-3-5-35(19,32)33/h6-9,27H,2-5,10-11H2,1H3,(H,28,29,30). The summed E-state index contributed by atoms with van der Waals surface area (Å²) in [5.41, 5.74) is 1.28. The van der Waals surface area contributed by atoms with Crippen molar-refractivity contribution in [1.29, 1.82) is 0 Å². The molecule has 0 atom stereocenters. The molecule has 1 aromatic carbocycles. The van der Waals surface area contributed by atoms with Crippen molar-refractivity contribution in [2.24, 2.45) is 0 Å². The Morgan fingerprint density at radius 1 is 1.23 bits per heavy atom. The average Bonchev–Trinajstić information content (AvgIpc) is 3.16. The van der Waals surface area contributed by atoms with Crippen molar-refractivity contribution in [3.8, 4) is 10.6 Å². The van der Waals surface area contributed by atoms with Gasteiger partial charge in [-0.3, -0.25) is 0 Å². The predicted molar refractivity (Wildman–Crippen MR) is 129 cm³/mol. The van der Waals surface area contributed by atoms with E-state index >= 15 is 0 Å². The van der Waals surface area contributed by atoms with Crippen LogP contribution in [0.5, 0.6) is 0 Å². The number of nitrogens with zero attached hydrogens (tertiary/aromatic N) is 3. The summed E-state index contributed by atoms with van der Waals surface area (Å²) >= 11 is 7.43. The molecule has 2 aromatic heterocycles. The van der Waals surface area contributed by atoms with E-state index in [4.69, 9.17) is 11.6 Å². The van der Waals surface area contributed by atoms with Gasteiger partial charge >= 0.3 is 6.18 Å². The van der Waals surface area contributed by atoms with Gasteiger partial charge in [0.05, 0.1) is 31.9 Å². The number of thiophene rings is 1. The van der Waals surface area contributed by atoms with Crippen LogP contribution in [0.4, 0.5) is 24.8 Å². The molecule has 0 aliphatic carbocycles. The fourth-order valence-electron chi connectivity index (χ4n) is 4.21. The molecule has 13 heteroatoms. The lowest BCUT2D eigenvalue weighted by Gasteiger charge is -2.26. The SMILES string of the molecule is CN1CCc2cc(Nc3ncc(C(F)(F)F)c(-c4cc5c(s4)CNCCS5(=O)=O)n3)c(Cl)cc2C1. The van der Waals surface area contributed by atoms with Crippen LogP contribution < -0.4 is 10.6 Å². The highest BCUT2D eigenvalue weighted by Gasteiger charge is 2.37. The lowest BCUT2D eigenvalue weighted by atomic mass is 9.99. The second kappa shape index (κ2) is 9.00. The molecule has 4 heterocycles. The zero-order valence-corrected chi connectivity index (χ0v) is 20.9. The van der Waals surface area contributed by atoms with Crippen LogP contribution in [0.3, 0.4) is 0 Å². The van der Waals surface area contributed by atoms with Crippen LogP contribution in [-0.2, 0) is 35.5 Å². The summed E-state index contributed by atoms with van der Waals surface area (Å²) in [7, 11) is -1.58. The van der Waals surface area contributed by atoms with Crippen LogP contribution in [0.1, 0.15) is 21.6 Å². The second-order valence-electron chi connectivity index (χ2n) is 8.56. The molecule has 5 rings (SSSR count). The van der Waals surface area contributed by atoms with Crippen LogP contribution in [-0.4, -0.2) is 49.2 Å². The van der Waals surface area contributed by atoms with Crippen molar-refractivity contribution in [3.05, 3.63) is 51.0 Å². The Labute approximate surface area is 209 Å². The van der Waals surface area contributed by atoms with Crippen molar-refractivity contribution in [3.63, 3.8) is 0 Å². The molecule has 0 amide bonds. The van der Waals surface area contributed by atoms with Gasteiger partial charge in [-0.1, -0.05) is 11.6 Å². The monoisotopic (exact) mass is 543 g/mol. The predicted octanol–water partition coefficient (Wildman–Crippen LogP) is 4.49. The number of alkyl halides is 3. The number of benzene rings is 1. The van der Waals surface area contributed by atoms with Gasteiger partial charge in [-0.2, -0.15) is 13.2 Å². The molecule has 0 spiro atoms. The fraction of sp³-hybridized carbons (Fsp3) is 0.364. The average molecular weight is 544 g/mol. The van der Waals surface area contributed by atoms with E-state index < -0.39 is 21.6 Å². The number of sulfone groups is 1. The van der Waals surface area contributed by atoms with E-state index in [0.29, 0.717) is 21.8 Å². The Bertz CT molecular complexity index is 1410. The highest BCUT2D eigenvalue weighted by Crippen LogP contribution is 2.41. The van der Waals surface area contributed by atoms with Crippen molar-refractivity contribution in [2.45, 2.75) is 30.6 Å². The quantitative estimate of drug-likeness (QED) is 0.503. The molecule has 0 radical (unpaired) electrons. The summed E-state index contributed by atoms with van der Waals surface area (Å²) < 4.78 is 66.6. The van der Waals surface area contributed by atoms with E-state index in [1.165, 1.54) is 6.07 Å². The van der Waals surface area contributed by atoms with Gasteiger partial charge in [-0.05, 0) is 42.8 Å². The highest BCUT2D eigenvalue weighted by atomic mass is 35.5. The van der Waals surface area contributed by atoms with Gasteiger partial charge in [0.25, 0.3) is 0 Å². The van der Waals surface area contributed by atoms with Crippen molar-refractivity contribution in [1.82, 2.24) is 20.2 Å². The number of fused-ring (bicyclic) bond motifs is 2. The Balaban J connectivity index is 1.56. The highest BCUT2D eigenvalue weighted by molar-refractivity contribution is 7.91. The van der Waals surface area contributed by atoms with Gasteiger partial charge in [0.15, 0.2) is 9.84 Å². The van der Waals surface area contributed by atoms with Crippen LogP contribution >= 0.6 is 22.9 Å². The minimum atomic E-state index is -4.72. The number of likely N-dealkylation sites (N-methyl/N-ethyl adjacent to an activating group) is 1.